The number of para-hydroxylation sites is 1. The van der Waals surface area contributed by atoms with Crippen LogP contribution in [0.25, 0.3) is 88.5 Å². The molecule has 0 aliphatic rings. The molecule has 0 aliphatic carbocycles. The molecule has 0 saturated carbocycles. The van der Waals surface area contributed by atoms with E-state index in [1.54, 1.807) is 0 Å². The summed E-state index contributed by atoms with van der Waals surface area (Å²) in [4.78, 5) is 14.1. The first-order valence-electron chi connectivity index (χ1n) is 17.0. The lowest BCUT2D eigenvalue weighted by molar-refractivity contribution is 1.17. The zero-order chi connectivity index (χ0) is 34.1. The number of hydrogen-bond donors (Lipinski definition) is 0. The topological polar surface area (TPSA) is 35.1 Å². The minimum absolute atomic E-state index is 0.625. The number of nitrogens with zero attached hydrogens (tertiary/aromatic N) is 4. The molecule has 2 aromatic heterocycles. The van der Waals surface area contributed by atoms with Crippen molar-refractivity contribution in [3.63, 3.8) is 0 Å². The Morgan fingerprint density at radius 2 is 0.902 bits per heavy atom. The number of aromatic nitrogens is 3. The average Bonchev–Trinajstić information content (AvgIpc) is 3.54. The molecule has 0 amide bonds. The predicted octanol–water partition coefficient (Wildman–Crippen LogP) is 12.5. The van der Waals surface area contributed by atoms with E-state index in [1.807, 2.05) is 48.5 Å². The molecule has 7 aromatic carbocycles. The van der Waals surface area contributed by atoms with Crippen molar-refractivity contribution in [1.29, 1.82) is 0 Å². The first-order valence-corrected chi connectivity index (χ1v) is 17.0. The Morgan fingerprint density at radius 3 is 1.49 bits per heavy atom. The second-order valence-electron chi connectivity index (χ2n) is 12.5. The molecule has 9 aromatic rings. The molecule has 0 atom stereocenters. The first kappa shape index (κ1) is 30.0. The van der Waals surface area contributed by atoms with Gasteiger partial charge < -0.3 is 4.57 Å². The van der Waals surface area contributed by atoms with Crippen molar-refractivity contribution in [3.8, 4) is 61.8 Å². The Balaban J connectivity index is 1.40. The highest BCUT2D eigenvalue weighted by atomic mass is 15.0. The highest BCUT2D eigenvalue weighted by Gasteiger charge is 2.22. The molecule has 4 heteroatoms. The van der Waals surface area contributed by atoms with E-state index < -0.39 is 0 Å². The Bertz CT molecular complexity index is 2610. The van der Waals surface area contributed by atoms with Gasteiger partial charge in [0.2, 0.25) is 0 Å². The second kappa shape index (κ2) is 12.7. The molecule has 0 saturated heterocycles. The minimum Gasteiger partial charge on any atom is -0.308 e. The van der Waals surface area contributed by atoms with E-state index in [9.17, 15) is 0 Å². The molecule has 238 valence electrons. The summed E-state index contributed by atoms with van der Waals surface area (Å²) < 4.78 is 2.37. The number of rotatable bonds is 6. The third-order valence-corrected chi connectivity index (χ3v) is 9.41. The maximum Gasteiger partial charge on any atom is 0.188 e. The van der Waals surface area contributed by atoms with Gasteiger partial charge in [0, 0.05) is 33.2 Å². The smallest absolute Gasteiger partial charge is 0.188 e. The van der Waals surface area contributed by atoms with Gasteiger partial charge in [-0.05, 0) is 52.9 Å². The van der Waals surface area contributed by atoms with Crippen molar-refractivity contribution in [3.05, 3.63) is 193 Å². The Hall–Kier alpha value is -7.09. The van der Waals surface area contributed by atoms with Crippen molar-refractivity contribution in [2.75, 3.05) is 0 Å². The van der Waals surface area contributed by atoms with Gasteiger partial charge in [0.1, 0.15) is 0 Å². The van der Waals surface area contributed by atoms with Gasteiger partial charge in [0.15, 0.2) is 11.5 Å². The van der Waals surface area contributed by atoms with Crippen molar-refractivity contribution in [2.45, 2.75) is 0 Å². The summed E-state index contributed by atoms with van der Waals surface area (Å²) >= 11 is 0. The Labute approximate surface area is 296 Å². The summed E-state index contributed by atoms with van der Waals surface area (Å²) in [7, 11) is 0. The average molecular weight is 651 g/mol. The summed E-state index contributed by atoms with van der Waals surface area (Å²) in [5.74, 6) is 0.677. The lowest BCUT2D eigenvalue weighted by Gasteiger charge is -2.21. The molecule has 0 bridgehead atoms. The van der Waals surface area contributed by atoms with E-state index in [2.05, 4.69) is 143 Å². The zero-order valence-electron chi connectivity index (χ0n) is 27.6. The van der Waals surface area contributed by atoms with Gasteiger partial charge in [0.05, 0.1) is 34.7 Å². The number of fused-ring (bicyclic) bond motifs is 3. The van der Waals surface area contributed by atoms with Crippen LogP contribution >= 0.6 is 0 Å². The third kappa shape index (κ3) is 5.44. The predicted molar refractivity (Wildman–Crippen MR) is 210 cm³/mol. The van der Waals surface area contributed by atoms with E-state index in [0.717, 1.165) is 77.8 Å². The zero-order valence-corrected chi connectivity index (χ0v) is 27.6. The van der Waals surface area contributed by atoms with Crippen LogP contribution in [0.5, 0.6) is 0 Å². The lowest BCUT2D eigenvalue weighted by Crippen LogP contribution is -2.02. The lowest BCUT2D eigenvalue weighted by atomic mass is 9.91. The largest absolute Gasteiger partial charge is 0.308 e. The highest BCUT2D eigenvalue weighted by Crippen LogP contribution is 2.44. The molecule has 2 heterocycles. The van der Waals surface area contributed by atoms with Gasteiger partial charge in [-0.1, -0.05) is 146 Å². The fourth-order valence-corrected chi connectivity index (χ4v) is 7.04. The van der Waals surface area contributed by atoms with Gasteiger partial charge in [-0.25, -0.2) is 14.8 Å². The van der Waals surface area contributed by atoms with E-state index in [-0.39, 0.29) is 0 Å². The SMILES string of the molecule is [C-]#[N+]c1ccc2c(c1)c1ccccc1n2-c1c(-c2ccccc2)cc(-c2cc(-c3ccccc3)nc(-c3ccccc3)n2)cc1-c1ccccc1. The summed E-state index contributed by atoms with van der Waals surface area (Å²) in [5.41, 5.74) is 12.8. The molecule has 0 aliphatic heterocycles. The van der Waals surface area contributed by atoms with Crippen LogP contribution in [-0.2, 0) is 0 Å². The van der Waals surface area contributed by atoms with Crippen LogP contribution in [0.3, 0.4) is 0 Å². The quantitative estimate of drug-likeness (QED) is 0.168. The van der Waals surface area contributed by atoms with Crippen molar-refractivity contribution in [1.82, 2.24) is 14.5 Å². The molecule has 0 fully saturated rings. The van der Waals surface area contributed by atoms with Crippen LogP contribution in [-0.4, -0.2) is 14.5 Å². The molecule has 0 radical (unpaired) electrons. The van der Waals surface area contributed by atoms with Crippen LogP contribution in [0.1, 0.15) is 0 Å². The van der Waals surface area contributed by atoms with E-state index in [0.29, 0.717) is 11.5 Å². The van der Waals surface area contributed by atoms with Gasteiger partial charge in [0.25, 0.3) is 0 Å². The van der Waals surface area contributed by atoms with E-state index in [1.165, 1.54) is 0 Å². The van der Waals surface area contributed by atoms with Gasteiger partial charge in [-0.2, -0.15) is 0 Å². The molecule has 4 nitrogen and oxygen atoms in total. The van der Waals surface area contributed by atoms with Crippen LogP contribution in [0, 0.1) is 6.57 Å². The van der Waals surface area contributed by atoms with Crippen molar-refractivity contribution in [2.24, 2.45) is 0 Å². The highest BCUT2D eigenvalue weighted by molar-refractivity contribution is 6.11. The summed E-state index contributed by atoms with van der Waals surface area (Å²) in [6.07, 6.45) is 0. The fraction of sp³-hybridized carbons (Fsp3) is 0. The molecule has 0 N–H and O–H groups in total. The number of benzene rings is 7. The molecular weight excluding hydrogens is 621 g/mol. The summed E-state index contributed by atoms with van der Waals surface area (Å²) in [6, 6.07) is 62.8. The van der Waals surface area contributed by atoms with Gasteiger partial charge in [-0.3, -0.25) is 0 Å². The van der Waals surface area contributed by atoms with Crippen LogP contribution < -0.4 is 0 Å². The summed E-state index contributed by atoms with van der Waals surface area (Å²) in [6.45, 7) is 7.74. The van der Waals surface area contributed by atoms with Gasteiger partial charge in [-0.15, -0.1) is 0 Å². The monoisotopic (exact) mass is 650 g/mol. The molecular formula is C47H30N4. The molecule has 51 heavy (non-hydrogen) atoms. The maximum absolute atomic E-state index is 7.74. The number of hydrogen-bond acceptors (Lipinski definition) is 2. The van der Waals surface area contributed by atoms with Crippen LogP contribution in [0.2, 0.25) is 0 Å². The third-order valence-electron chi connectivity index (χ3n) is 9.41. The Morgan fingerprint density at radius 1 is 0.412 bits per heavy atom. The second-order valence-corrected chi connectivity index (χ2v) is 12.5. The van der Waals surface area contributed by atoms with E-state index in [4.69, 9.17) is 16.5 Å². The molecule has 0 unspecified atom stereocenters. The van der Waals surface area contributed by atoms with Crippen molar-refractivity contribution < 1.29 is 0 Å². The molecule has 0 spiro atoms. The van der Waals surface area contributed by atoms with E-state index >= 15 is 0 Å². The maximum atomic E-state index is 7.74. The van der Waals surface area contributed by atoms with Crippen molar-refractivity contribution >= 4 is 27.5 Å². The molecule has 9 rings (SSSR count). The first-order chi connectivity index (χ1) is 25.2. The normalized spacial score (nSPS) is 11.1. The van der Waals surface area contributed by atoms with Crippen LogP contribution in [0.15, 0.2) is 182 Å². The summed E-state index contributed by atoms with van der Waals surface area (Å²) in [5, 5.41) is 2.16. The fourth-order valence-electron chi connectivity index (χ4n) is 7.04. The minimum atomic E-state index is 0.625. The van der Waals surface area contributed by atoms with Gasteiger partial charge >= 0.3 is 0 Å². The van der Waals surface area contributed by atoms with Crippen LogP contribution in [0.4, 0.5) is 5.69 Å². The standard InChI is InChI=1S/C47H30N4/c1-48-37-26-27-45-41(30-37)38-24-14-15-25-44(38)51(45)46-39(32-16-6-2-7-17-32)28-36(29-40(46)33-18-8-3-9-19-33)43-31-42(34-20-10-4-11-21-34)49-47(50-43)35-22-12-5-13-23-35/h2-31H. The Kier molecular flexibility index (Phi) is 7.50.